The first-order valence-electron chi connectivity index (χ1n) is 8.57. The summed E-state index contributed by atoms with van der Waals surface area (Å²) in [6.07, 6.45) is -5.80. The van der Waals surface area contributed by atoms with Crippen LogP contribution in [0.4, 0.5) is 38.0 Å². The highest BCUT2D eigenvalue weighted by atomic mass is 19.4. The first-order valence-corrected chi connectivity index (χ1v) is 8.57. The van der Waals surface area contributed by atoms with Crippen LogP contribution in [-0.4, -0.2) is 39.9 Å². The monoisotopic (exact) mass is 453 g/mol. The molecule has 4 rings (SSSR count). The van der Waals surface area contributed by atoms with Crippen molar-refractivity contribution in [3.63, 3.8) is 0 Å². The average molecular weight is 453 g/mol. The summed E-state index contributed by atoms with van der Waals surface area (Å²) in [4.78, 5) is 18.8. The summed E-state index contributed by atoms with van der Waals surface area (Å²) in [6, 6.07) is 5.10. The van der Waals surface area contributed by atoms with Crippen molar-refractivity contribution in [2.45, 2.75) is 12.4 Å². The molecular formula is C17H9F6N9. The van der Waals surface area contributed by atoms with Gasteiger partial charge in [0.2, 0.25) is 5.95 Å². The Morgan fingerprint density at radius 3 is 2.28 bits per heavy atom. The molecule has 0 atom stereocenters. The third-order valence-corrected chi connectivity index (χ3v) is 3.83. The molecule has 0 unspecified atom stereocenters. The first-order chi connectivity index (χ1) is 15.1. The Bertz CT molecular complexity index is 1240. The fourth-order valence-electron chi connectivity index (χ4n) is 2.46. The van der Waals surface area contributed by atoms with Crippen LogP contribution in [0.1, 0.15) is 11.4 Å². The minimum Gasteiger partial charge on any atom is -0.324 e. The summed E-state index contributed by atoms with van der Waals surface area (Å²) >= 11 is 0. The first kappa shape index (κ1) is 21.1. The molecule has 9 nitrogen and oxygen atoms in total. The molecule has 4 heterocycles. The van der Waals surface area contributed by atoms with E-state index in [0.29, 0.717) is 0 Å². The molecule has 0 saturated heterocycles. The summed E-state index contributed by atoms with van der Waals surface area (Å²) in [5.41, 5.74) is -2.63. The van der Waals surface area contributed by atoms with E-state index in [0.717, 1.165) is 29.1 Å². The fraction of sp³-hybridized carbons (Fsp3) is 0.118. The lowest BCUT2D eigenvalue weighted by molar-refractivity contribution is -0.141. The Labute approximate surface area is 174 Å². The second-order valence-corrected chi connectivity index (χ2v) is 6.09. The summed E-state index contributed by atoms with van der Waals surface area (Å²) in [5.74, 6) is -0.692. The Balaban J connectivity index is 1.78. The van der Waals surface area contributed by atoms with E-state index in [1.807, 2.05) is 0 Å². The zero-order valence-electron chi connectivity index (χ0n) is 15.5. The molecule has 0 saturated carbocycles. The van der Waals surface area contributed by atoms with Crippen LogP contribution in [-0.2, 0) is 12.4 Å². The zero-order chi connectivity index (χ0) is 22.9. The maximum absolute atomic E-state index is 13.0. The number of nitrogens with zero attached hydrogens (tertiary/aromatic N) is 8. The minimum atomic E-state index is -4.70. The van der Waals surface area contributed by atoms with Crippen molar-refractivity contribution >= 4 is 11.6 Å². The van der Waals surface area contributed by atoms with Gasteiger partial charge < -0.3 is 5.32 Å². The number of aromatic nitrogens is 8. The van der Waals surface area contributed by atoms with E-state index in [1.165, 1.54) is 24.5 Å². The number of rotatable bonds is 4. The maximum Gasteiger partial charge on any atom is 0.433 e. The zero-order valence-corrected chi connectivity index (χ0v) is 15.5. The van der Waals surface area contributed by atoms with Crippen molar-refractivity contribution in [3.05, 3.63) is 60.3 Å². The molecule has 1 N–H and O–H groups in total. The van der Waals surface area contributed by atoms with Crippen molar-refractivity contribution in [2.75, 3.05) is 5.32 Å². The summed E-state index contributed by atoms with van der Waals surface area (Å²) in [5, 5.41) is 9.85. The molecule has 0 aromatic carbocycles. The van der Waals surface area contributed by atoms with Crippen molar-refractivity contribution < 1.29 is 26.3 Å². The molecule has 4 aromatic heterocycles. The topological polar surface area (TPSA) is 107 Å². The molecule has 0 amide bonds. The molecule has 32 heavy (non-hydrogen) atoms. The summed E-state index contributed by atoms with van der Waals surface area (Å²) < 4.78 is 79.0. The summed E-state index contributed by atoms with van der Waals surface area (Å²) in [7, 11) is 0. The SMILES string of the molecule is FC(F)(F)c1cc(Nc2nc(-c3cccc(C(F)(F)F)n3)nc(-n3ccnn3)n2)ccn1. The van der Waals surface area contributed by atoms with Crippen LogP contribution < -0.4 is 5.32 Å². The van der Waals surface area contributed by atoms with Gasteiger partial charge >= 0.3 is 12.4 Å². The molecule has 0 aliphatic carbocycles. The van der Waals surface area contributed by atoms with Crippen molar-refractivity contribution in [1.29, 1.82) is 0 Å². The van der Waals surface area contributed by atoms with Gasteiger partial charge in [0, 0.05) is 11.9 Å². The van der Waals surface area contributed by atoms with Gasteiger partial charge in [-0.15, -0.1) is 5.10 Å². The van der Waals surface area contributed by atoms with Gasteiger partial charge in [0.05, 0.1) is 12.4 Å². The Morgan fingerprint density at radius 2 is 1.59 bits per heavy atom. The van der Waals surface area contributed by atoms with E-state index in [2.05, 4.69) is 40.5 Å². The van der Waals surface area contributed by atoms with E-state index >= 15 is 0 Å². The van der Waals surface area contributed by atoms with Gasteiger partial charge in [0.1, 0.15) is 17.1 Å². The highest BCUT2D eigenvalue weighted by Gasteiger charge is 2.33. The second kappa shape index (κ2) is 7.82. The number of anilines is 2. The van der Waals surface area contributed by atoms with E-state index in [9.17, 15) is 26.3 Å². The van der Waals surface area contributed by atoms with E-state index < -0.39 is 23.7 Å². The van der Waals surface area contributed by atoms with Crippen LogP contribution in [0.5, 0.6) is 0 Å². The number of nitrogens with one attached hydrogen (secondary N) is 1. The van der Waals surface area contributed by atoms with E-state index in [1.54, 1.807) is 0 Å². The minimum absolute atomic E-state index is 0.0639. The highest BCUT2D eigenvalue weighted by Crippen LogP contribution is 2.30. The van der Waals surface area contributed by atoms with Crippen molar-refractivity contribution in [3.8, 4) is 17.5 Å². The molecule has 0 spiro atoms. The predicted octanol–water partition coefficient (Wildman–Crippen LogP) is 3.69. The normalized spacial score (nSPS) is 12.1. The highest BCUT2D eigenvalue weighted by molar-refractivity contribution is 5.58. The number of hydrogen-bond acceptors (Lipinski definition) is 8. The Morgan fingerprint density at radius 1 is 0.812 bits per heavy atom. The van der Waals surface area contributed by atoms with Crippen LogP contribution in [0.2, 0.25) is 0 Å². The lowest BCUT2D eigenvalue weighted by Gasteiger charge is -2.11. The smallest absolute Gasteiger partial charge is 0.324 e. The van der Waals surface area contributed by atoms with Crippen LogP contribution >= 0.6 is 0 Å². The lowest BCUT2D eigenvalue weighted by atomic mass is 10.3. The number of halogens is 6. The van der Waals surface area contributed by atoms with Crippen LogP contribution in [0.3, 0.4) is 0 Å². The predicted molar refractivity (Wildman–Crippen MR) is 95.5 cm³/mol. The molecule has 0 aliphatic heterocycles. The van der Waals surface area contributed by atoms with Gasteiger partial charge in [-0.25, -0.2) is 4.98 Å². The van der Waals surface area contributed by atoms with Gasteiger partial charge in [-0.3, -0.25) is 4.98 Å². The summed E-state index contributed by atoms with van der Waals surface area (Å²) in [6.45, 7) is 0. The van der Waals surface area contributed by atoms with Crippen molar-refractivity contribution in [1.82, 2.24) is 39.9 Å². The van der Waals surface area contributed by atoms with Gasteiger partial charge in [-0.1, -0.05) is 11.3 Å². The molecule has 0 aliphatic rings. The van der Waals surface area contributed by atoms with Gasteiger partial charge in [-0.05, 0) is 24.3 Å². The van der Waals surface area contributed by atoms with Gasteiger partial charge in [-0.2, -0.15) is 46.0 Å². The maximum atomic E-state index is 13.0. The number of pyridine rings is 2. The van der Waals surface area contributed by atoms with Crippen LogP contribution in [0.15, 0.2) is 48.9 Å². The Hall–Kier alpha value is -4.17. The molecule has 164 valence electrons. The largest absolute Gasteiger partial charge is 0.433 e. The van der Waals surface area contributed by atoms with E-state index in [4.69, 9.17) is 0 Å². The molecule has 15 heteroatoms. The number of hydrogen-bond donors (Lipinski definition) is 1. The lowest BCUT2D eigenvalue weighted by Crippen LogP contribution is -2.12. The van der Waals surface area contributed by atoms with Crippen LogP contribution in [0.25, 0.3) is 17.5 Å². The van der Waals surface area contributed by atoms with E-state index in [-0.39, 0.29) is 29.1 Å². The molecular weight excluding hydrogens is 444 g/mol. The van der Waals surface area contributed by atoms with Gasteiger partial charge in [0.15, 0.2) is 5.82 Å². The van der Waals surface area contributed by atoms with Crippen molar-refractivity contribution in [2.24, 2.45) is 0 Å². The van der Waals surface area contributed by atoms with Gasteiger partial charge in [0.25, 0.3) is 5.95 Å². The molecule has 0 radical (unpaired) electrons. The Kier molecular flexibility index (Phi) is 5.15. The standard InChI is InChI=1S/C17H9F6N9/c18-16(19,20)11-3-1-2-10(27-11)13-28-14(30-15(29-13)32-7-6-25-31-32)26-9-4-5-24-12(8-9)17(21,22)23/h1-8H,(H,24,26,28,29,30). The average Bonchev–Trinajstić information content (AvgIpc) is 3.28. The quantitative estimate of drug-likeness (QED) is 0.467. The molecule has 4 aromatic rings. The fourth-order valence-corrected chi connectivity index (χ4v) is 2.46. The molecule has 0 bridgehead atoms. The number of alkyl halides is 6. The van der Waals surface area contributed by atoms with Crippen LogP contribution in [0, 0.1) is 0 Å². The third kappa shape index (κ3) is 4.60. The molecule has 0 fully saturated rings. The third-order valence-electron chi connectivity index (χ3n) is 3.83. The second-order valence-electron chi connectivity index (χ2n) is 6.09.